The Bertz CT molecular complexity index is 266. The summed E-state index contributed by atoms with van der Waals surface area (Å²) in [6, 6.07) is 0.648. The van der Waals surface area contributed by atoms with Crippen LogP contribution in [-0.2, 0) is 4.74 Å². The van der Waals surface area contributed by atoms with Gasteiger partial charge in [0.05, 0.1) is 12.7 Å². The van der Waals surface area contributed by atoms with Crippen LogP contribution in [0, 0.1) is 11.3 Å². The van der Waals surface area contributed by atoms with Crippen molar-refractivity contribution in [3.8, 4) is 0 Å². The first-order chi connectivity index (χ1) is 9.36. The minimum absolute atomic E-state index is 0.339. The number of rotatable bonds is 8. The molecule has 0 bridgehead atoms. The van der Waals surface area contributed by atoms with Gasteiger partial charge in [0.25, 0.3) is 0 Å². The van der Waals surface area contributed by atoms with E-state index >= 15 is 0 Å². The van der Waals surface area contributed by atoms with Gasteiger partial charge in [0.2, 0.25) is 0 Å². The van der Waals surface area contributed by atoms with Gasteiger partial charge in [-0.3, -0.25) is 0 Å². The van der Waals surface area contributed by atoms with Gasteiger partial charge in [-0.15, -0.1) is 0 Å². The lowest BCUT2D eigenvalue weighted by molar-refractivity contribution is 0.0477. The molecule has 1 N–H and O–H groups in total. The van der Waals surface area contributed by atoms with Gasteiger partial charge in [-0.2, -0.15) is 0 Å². The van der Waals surface area contributed by atoms with Crippen molar-refractivity contribution in [1.29, 1.82) is 0 Å². The fourth-order valence-corrected chi connectivity index (χ4v) is 3.58. The van der Waals surface area contributed by atoms with Crippen LogP contribution in [0.3, 0.4) is 0 Å². The van der Waals surface area contributed by atoms with Gasteiger partial charge in [0, 0.05) is 19.1 Å². The van der Waals surface area contributed by atoms with Crippen LogP contribution in [-0.4, -0.2) is 50.3 Å². The zero-order valence-electron chi connectivity index (χ0n) is 14.5. The minimum Gasteiger partial charge on any atom is -0.377 e. The summed E-state index contributed by atoms with van der Waals surface area (Å²) in [5.74, 6) is 0.766. The smallest absolute Gasteiger partial charge is 0.0596 e. The topological polar surface area (TPSA) is 24.5 Å². The van der Waals surface area contributed by atoms with E-state index < -0.39 is 0 Å². The summed E-state index contributed by atoms with van der Waals surface area (Å²) in [4.78, 5) is 2.44. The highest BCUT2D eigenvalue weighted by Crippen LogP contribution is 2.39. The van der Waals surface area contributed by atoms with Crippen LogP contribution in [0.15, 0.2) is 0 Å². The number of likely N-dealkylation sites (N-methyl/N-ethyl adjacent to an activating group) is 1. The maximum atomic E-state index is 5.66. The van der Waals surface area contributed by atoms with Gasteiger partial charge in [-0.1, -0.05) is 27.2 Å². The Balaban J connectivity index is 2.46. The van der Waals surface area contributed by atoms with Crippen molar-refractivity contribution in [3.63, 3.8) is 0 Å². The summed E-state index contributed by atoms with van der Waals surface area (Å²) in [6.45, 7) is 15.4. The van der Waals surface area contributed by atoms with Crippen LogP contribution >= 0.6 is 0 Å². The zero-order valence-corrected chi connectivity index (χ0v) is 14.5. The Labute approximate surface area is 126 Å². The largest absolute Gasteiger partial charge is 0.377 e. The summed E-state index contributed by atoms with van der Waals surface area (Å²) in [7, 11) is 2.23. The first-order valence-electron chi connectivity index (χ1n) is 8.40. The summed E-state index contributed by atoms with van der Waals surface area (Å²) < 4.78 is 5.66. The Morgan fingerprint density at radius 2 is 2.05 bits per heavy atom. The van der Waals surface area contributed by atoms with Crippen molar-refractivity contribution in [2.24, 2.45) is 11.3 Å². The standard InChI is InChI=1S/C17H36N2O/c1-7-18-16-15(9-8-10-17(16,4)5)13-19(6)11-12-20-14(2)3/h14-16,18H,7-13H2,1-6H3. The van der Waals surface area contributed by atoms with E-state index in [4.69, 9.17) is 4.74 Å². The molecule has 0 saturated heterocycles. The molecule has 20 heavy (non-hydrogen) atoms. The molecule has 0 heterocycles. The van der Waals surface area contributed by atoms with Gasteiger partial charge in [0.15, 0.2) is 0 Å². The predicted octanol–water partition coefficient (Wildman–Crippen LogP) is 3.15. The van der Waals surface area contributed by atoms with Crippen molar-refractivity contribution in [2.75, 3.05) is 33.3 Å². The molecule has 0 radical (unpaired) electrons. The molecule has 3 nitrogen and oxygen atoms in total. The number of nitrogens with zero attached hydrogens (tertiary/aromatic N) is 1. The van der Waals surface area contributed by atoms with E-state index in [1.54, 1.807) is 0 Å². The average Bonchev–Trinajstić information content (AvgIpc) is 2.32. The fraction of sp³-hybridized carbons (Fsp3) is 1.00. The van der Waals surface area contributed by atoms with Crippen LogP contribution in [0.25, 0.3) is 0 Å². The van der Waals surface area contributed by atoms with Crippen LogP contribution in [0.5, 0.6) is 0 Å². The first kappa shape index (κ1) is 17.9. The van der Waals surface area contributed by atoms with Gasteiger partial charge in [-0.05, 0) is 51.6 Å². The number of ether oxygens (including phenoxy) is 1. The molecule has 1 fully saturated rings. The molecular weight excluding hydrogens is 248 g/mol. The van der Waals surface area contributed by atoms with Crippen LogP contribution in [0.4, 0.5) is 0 Å². The third-order valence-electron chi connectivity index (χ3n) is 4.60. The van der Waals surface area contributed by atoms with Crippen molar-refractivity contribution >= 4 is 0 Å². The second-order valence-electron chi connectivity index (χ2n) is 7.36. The molecule has 0 aliphatic heterocycles. The van der Waals surface area contributed by atoms with E-state index in [0.717, 1.165) is 25.6 Å². The number of nitrogens with one attached hydrogen (secondary N) is 1. The molecule has 1 aliphatic carbocycles. The van der Waals surface area contributed by atoms with E-state index in [-0.39, 0.29) is 0 Å². The van der Waals surface area contributed by atoms with Crippen LogP contribution in [0.2, 0.25) is 0 Å². The summed E-state index contributed by atoms with van der Waals surface area (Å²) in [5, 5.41) is 3.75. The van der Waals surface area contributed by atoms with Gasteiger partial charge < -0.3 is 15.0 Å². The maximum Gasteiger partial charge on any atom is 0.0596 e. The maximum absolute atomic E-state index is 5.66. The highest BCUT2D eigenvalue weighted by Gasteiger charge is 2.38. The van der Waals surface area contributed by atoms with E-state index in [9.17, 15) is 0 Å². The predicted molar refractivity (Wildman–Crippen MR) is 87.2 cm³/mol. The van der Waals surface area contributed by atoms with Crippen molar-refractivity contribution in [2.45, 2.75) is 66.0 Å². The molecule has 0 aromatic heterocycles. The van der Waals surface area contributed by atoms with E-state index in [1.807, 2.05) is 0 Å². The second kappa shape index (κ2) is 8.35. The summed E-state index contributed by atoms with van der Waals surface area (Å²) in [5.41, 5.74) is 0.425. The zero-order chi connectivity index (χ0) is 15.2. The Hall–Kier alpha value is -0.120. The normalized spacial score (nSPS) is 26.4. The molecule has 120 valence electrons. The molecule has 0 aromatic carbocycles. The molecule has 3 heteroatoms. The molecule has 1 aliphatic rings. The Kier molecular flexibility index (Phi) is 7.49. The average molecular weight is 284 g/mol. The van der Waals surface area contributed by atoms with Crippen LogP contribution in [0.1, 0.15) is 53.9 Å². The minimum atomic E-state index is 0.339. The summed E-state index contributed by atoms with van der Waals surface area (Å²) >= 11 is 0. The van der Waals surface area contributed by atoms with Crippen LogP contribution < -0.4 is 5.32 Å². The quantitative estimate of drug-likeness (QED) is 0.741. The molecule has 2 unspecified atom stereocenters. The third-order valence-corrected chi connectivity index (χ3v) is 4.60. The fourth-order valence-electron chi connectivity index (χ4n) is 3.58. The first-order valence-corrected chi connectivity index (χ1v) is 8.40. The lowest BCUT2D eigenvalue weighted by Gasteiger charge is -2.45. The SMILES string of the molecule is CCNC1C(CN(C)CCOC(C)C)CCCC1(C)C. The van der Waals surface area contributed by atoms with Gasteiger partial charge in [0.1, 0.15) is 0 Å². The van der Waals surface area contributed by atoms with Gasteiger partial charge in [-0.25, -0.2) is 0 Å². The second-order valence-corrected chi connectivity index (χ2v) is 7.36. The lowest BCUT2D eigenvalue weighted by atomic mass is 9.67. The Morgan fingerprint density at radius 3 is 2.65 bits per heavy atom. The highest BCUT2D eigenvalue weighted by atomic mass is 16.5. The van der Waals surface area contributed by atoms with Crippen molar-refractivity contribution in [1.82, 2.24) is 10.2 Å². The molecule has 0 aromatic rings. The lowest BCUT2D eigenvalue weighted by Crippen LogP contribution is -2.52. The number of hydrogen-bond donors (Lipinski definition) is 1. The van der Waals surface area contributed by atoms with Crippen molar-refractivity contribution in [3.05, 3.63) is 0 Å². The van der Waals surface area contributed by atoms with Gasteiger partial charge >= 0.3 is 0 Å². The summed E-state index contributed by atoms with van der Waals surface area (Å²) in [6.07, 6.45) is 4.42. The molecular formula is C17H36N2O. The van der Waals surface area contributed by atoms with Crippen molar-refractivity contribution < 1.29 is 4.74 Å². The molecule has 1 rings (SSSR count). The Morgan fingerprint density at radius 1 is 1.35 bits per heavy atom. The highest BCUT2D eigenvalue weighted by molar-refractivity contribution is 4.94. The molecule has 2 atom stereocenters. The number of hydrogen-bond acceptors (Lipinski definition) is 3. The van der Waals surface area contributed by atoms with E-state index in [0.29, 0.717) is 17.6 Å². The monoisotopic (exact) mass is 284 g/mol. The third kappa shape index (κ3) is 5.71. The van der Waals surface area contributed by atoms with E-state index in [1.165, 1.54) is 25.8 Å². The molecule has 1 saturated carbocycles. The molecule has 0 spiro atoms. The molecule has 0 amide bonds. The van der Waals surface area contributed by atoms with E-state index in [2.05, 4.69) is 51.9 Å².